The molecule has 1 atom stereocenters. The highest BCUT2D eigenvalue weighted by atomic mass is 32.2. The van der Waals surface area contributed by atoms with Crippen LogP contribution in [0.2, 0.25) is 0 Å². The predicted octanol–water partition coefficient (Wildman–Crippen LogP) is 2.98. The topological polar surface area (TPSA) is 71.4 Å². The van der Waals surface area contributed by atoms with Gasteiger partial charge in [-0.2, -0.15) is 21.6 Å². The molecule has 20 heavy (non-hydrogen) atoms. The van der Waals surface area contributed by atoms with Crippen molar-refractivity contribution >= 4 is 15.9 Å². The fourth-order valence-corrected chi connectivity index (χ4v) is 4.30. The van der Waals surface area contributed by atoms with Crippen molar-refractivity contribution in [3.8, 4) is 0 Å². The maximum Gasteiger partial charge on any atom is 0.417 e. The van der Waals surface area contributed by atoms with E-state index in [2.05, 4.69) is 0 Å². The molecule has 1 N–H and O–H groups in total. The first-order valence-corrected chi connectivity index (χ1v) is 7.98. The van der Waals surface area contributed by atoms with Gasteiger partial charge in [-0.25, -0.2) is 0 Å². The van der Waals surface area contributed by atoms with Crippen LogP contribution >= 0.6 is 0 Å². The highest BCUT2D eigenvalue weighted by Gasteiger charge is 2.71. The van der Waals surface area contributed by atoms with Gasteiger partial charge < -0.3 is 0 Å². The Bertz CT molecular complexity index is 464. The van der Waals surface area contributed by atoms with Gasteiger partial charge >= 0.3 is 6.18 Å². The van der Waals surface area contributed by atoms with Crippen LogP contribution in [-0.2, 0) is 14.9 Å². The summed E-state index contributed by atoms with van der Waals surface area (Å²) in [5.74, 6) is -3.97. The summed E-state index contributed by atoms with van der Waals surface area (Å²) in [6.45, 7) is 1.98. The lowest BCUT2D eigenvalue weighted by Gasteiger charge is -2.37. The molecule has 8 heteroatoms. The molecule has 0 aromatic rings. The molecule has 0 radical (unpaired) electrons. The predicted molar refractivity (Wildman–Crippen MR) is 66.8 cm³/mol. The van der Waals surface area contributed by atoms with Gasteiger partial charge in [-0.1, -0.05) is 33.1 Å². The van der Waals surface area contributed by atoms with Crippen molar-refractivity contribution in [3.63, 3.8) is 0 Å². The summed E-state index contributed by atoms with van der Waals surface area (Å²) < 4.78 is 68.4. The number of carbonyl (C=O) groups is 1. The van der Waals surface area contributed by atoms with E-state index in [-0.39, 0.29) is 12.8 Å². The highest BCUT2D eigenvalue weighted by molar-refractivity contribution is 7.88. The van der Waals surface area contributed by atoms with Crippen LogP contribution in [0.3, 0.4) is 0 Å². The summed E-state index contributed by atoms with van der Waals surface area (Å²) >= 11 is 0. The lowest BCUT2D eigenvalue weighted by atomic mass is 9.77. The van der Waals surface area contributed by atoms with Crippen molar-refractivity contribution in [3.05, 3.63) is 0 Å². The molecule has 0 spiro atoms. The number of hydrogen-bond donors (Lipinski definition) is 1. The molecule has 118 valence electrons. The largest absolute Gasteiger partial charge is 0.417 e. The van der Waals surface area contributed by atoms with Crippen molar-refractivity contribution in [2.45, 2.75) is 56.9 Å². The maximum absolute atomic E-state index is 13.4. The zero-order valence-corrected chi connectivity index (χ0v) is 12.2. The second kappa shape index (κ2) is 5.63. The van der Waals surface area contributed by atoms with Gasteiger partial charge in [0.2, 0.25) is 0 Å². The second-order valence-electron chi connectivity index (χ2n) is 5.56. The lowest BCUT2D eigenvalue weighted by Crippen LogP contribution is -2.63. The average molecular weight is 316 g/mol. The van der Waals surface area contributed by atoms with E-state index >= 15 is 0 Å². The first-order valence-electron chi connectivity index (χ1n) is 6.54. The summed E-state index contributed by atoms with van der Waals surface area (Å²) in [4.78, 5) is 12.3. The van der Waals surface area contributed by atoms with Crippen LogP contribution in [0.4, 0.5) is 13.2 Å². The van der Waals surface area contributed by atoms with E-state index < -0.39 is 38.7 Å². The molecule has 1 aliphatic carbocycles. The Morgan fingerprint density at radius 1 is 1.15 bits per heavy atom. The van der Waals surface area contributed by atoms with Crippen LogP contribution in [0, 0.1) is 11.8 Å². The number of halogens is 3. The fraction of sp³-hybridized carbons (Fsp3) is 0.917. The number of hydrogen-bond acceptors (Lipinski definition) is 3. The third kappa shape index (κ3) is 2.72. The minimum absolute atomic E-state index is 0.235. The zero-order valence-electron chi connectivity index (χ0n) is 11.4. The van der Waals surface area contributed by atoms with Crippen LogP contribution in [0.15, 0.2) is 0 Å². The standard InChI is InChI=1S/C12H19F3O4S/c1-8(2)11(12(13,14)15,20(17,18)19)10(16)9-6-4-3-5-7-9/h8-9H,3-7H2,1-2H3,(H,17,18,19). The van der Waals surface area contributed by atoms with Crippen molar-refractivity contribution in [1.82, 2.24) is 0 Å². The van der Waals surface area contributed by atoms with Crippen LogP contribution in [0.5, 0.6) is 0 Å². The van der Waals surface area contributed by atoms with E-state index in [1.165, 1.54) is 0 Å². The Morgan fingerprint density at radius 2 is 1.60 bits per heavy atom. The molecule has 1 aliphatic rings. The monoisotopic (exact) mass is 316 g/mol. The minimum Gasteiger partial charge on any atom is -0.297 e. The molecule has 0 heterocycles. The summed E-state index contributed by atoms with van der Waals surface area (Å²) in [7, 11) is -5.61. The molecule has 1 unspecified atom stereocenters. The molecule has 4 nitrogen and oxygen atoms in total. The SMILES string of the molecule is CC(C)C(C(=O)C1CCCCC1)(C(F)(F)F)S(=O)(=O)O. The van der Waals surface area contributed by atoms with Crippen LogP contribution < -0.4 is 0 Å². The molecule has 1 fully saturated rings. The molecule has 0 bridgehead atoms. The van der Waals surface area contributed by atoms with Crippen molar-refractivity contribution in [1.29, 1.82) is 0 Å². The van der Waals surface area contributed by atoms with E-state index in [1.807, 2.05) is 0 Å². The number of carbonyl (C=O) groups excluding carboxylic acids is 1. The molecule has 0 aromatic heterocycles. The van der Waals surface area contributed by atoms with Crippen LogP contribution in [0.25, 0.3) is 0 Å². The number of alkyl halides is 3. The van der Waals surface area contributed by atoms with E-state index in [9.17, 15) is 26.4 Å². The Kier molecular flexibility index (Phi) is 4.91. The number of ketones is 1. The van der Waals surface area contributed by atoms with E-state index in [1.54, 1.807) is 0 Å². The normalized spacial score (nSPS) is 21.8. The van der Waals surface area contributed by atoms with Crippen molar-refractivity contribution in [2.24, 2.45) is 11.8 Å². The van der Waals surface area contributed by atoms with Crippen LogP contribution in [-0.4, -0.2) is 29.7 Å². The molecule has 1 rings (SSSR count). The third-order valence-corrected chi connectivity index (χ3v) is 5.70. The Morgan fingerprint density at radius 3 is 1.90 bits per heavy atom. The molecule has 0 aliphatic heterocycles. The summed E-state index contributed by atoms with van der Waals surface area (Å²) in [5.41, 5.74) is 0. The molecule has 0 aromatic carbocycles. The van der Waals surface area contributed by atoms with Gasteiger partial charge in [0.1, 0.15) is 0 Å². The summed E-state index contributed by atoms with van der Waals surface area (Å²) in [6.07, 6.45) is -2.88. The minimum atomic E-state index is -5.61. The molecule has 0 amide bonds. The molecule has 1 saturated carbocycles. The third-order valence-electron chi connectivity index (χ3n) is 3.98. The Hall–Kier alpha value is -0.630. The smallest absolute Gasteiger partial charge is 0.297 e. The summed E-state index contributed by atoms with van der Waals surface area (Å²) in [5, 5.41) is 0. The van der Waals surface area contributed by atoms with E-state index in [4.69, 9.17) is 4.55 Å². The quantitative estimate of drug-likeness (QED) is 0.809. The zero-order chi connectivity index (χ0) is 15.8. The highest BCUT2D eigenvalue weighted by Crippen LogP contribution is 2.46. The van der Waals surface area contributed by atoms with Gasteiger partial charge in [-0.3, -0.25) is 9.35 Å². The van der Waals surface area contributed by atoms with Gasteiger partial charge in [-0.05, 0) is 18.8 Å². The van der Waals surface area contributed by atoms with Crippen molar-refractivity contribution < 1.29 is 30.9 Å². The van der Waals surface area contributed by atoms with Crippen LogP contribution in [0.1, 0.15) is 46.0 Å². The number of rotatable bonds is 4. The average Bonchev–Trinajstić information content (AvgIpc) is 2.26. The lowest BCUT2D eigenvalue weighted by molar-refractivity contribution is -0.183. The van der Waals surface area contributed by atoms with Gasteiger partial charge in [0.25, 0.3) is 14.9 Å². The van der Waals surface area contributed by atoms with Gasteiger partial charge in [0.05, 0.1) is 0 Å². The molecular formula is C12H19F3O4S. The fourth-order valence-electron chi connectivity index (χ4n) is 2.99. The Balaban J connectivity index is 3.40. The van der Waals surface area contributed by atoms with E-state index in [0.717, 1.165) is 20.3 Å². The second-order valence-corrected chi connectivity index (χ2v) is 7.16. The Labute approximate surface area is 116 Å². The molecule has 0 saturated heterocycles. The van der Waals surface area contributed by atoms with Gasteiger partial charge in [0.15, 0.2) is 5.78 Å². The maximum atomic E-state index is 13.4. The van der Waals surface area contributed by atoms with Gasteiger partial charge in [-0.15, -0.1) is 0 Å². The molecular weight excluding hydrogens is 297 g/mol. The van der Waals surface area contributed by atoms with E-state index in [0.29, 0.717) is 12.8 Å². The first-order chi connectivity index (χ1) is 8.96. The summed E-state index contributed by atoms with van der Waals surface area (Å²) in [6, 6.07) is 0. The first kappa shape index (κ1) is 17.4. The number of Topliss-reactive ketones (excluding diaryl/α,β-unsaturated/α-hetero) is 1. The van der Waals surface area contributed by atoms with Gasteiger partial charge in [0, 0.05) is 5.92 Å². The van der Waals surface area contributed by atoms with Crippen molar-refractivity contribution in [2.75, 3.05) is 0 Å².